The number of hydrogen-bond acceptors (Lipinski definition) is 3. The van der Waals surface area contributed by atoms with Gasteiger partial charge in [-0.25, -0.2) is 4.79 Å². The molecule has 2 aromatic rings. The van der Waals surface area contributed by atoms with Gasteiger partial charge >= 0.3 is 5.97 Å². The first-order valence-electron chi connectivity index (χ1n) is 5.82. The predicted octanol–water partition coefficient (Wildman–Crippen LogP) is 3.72. The molecular weight excluding hydrogens is 280 g/mol. The second-order valence-electron chi connectivity index (χ2n) is 4.07. The number of rotatable bonds is 4. The van der Waals surface area contributed by atoms with E-state index in [2.05, 4.69) is 0 Å². The van der Waals surface area contributed by atoms with Crippen molar-refractivity contribution >= 4 is 17.6 Å². The average Bonchev–Trinajstić information content (AvgIpc) is 2.47. The lowest BCUT2D eigenvalue weighted by Crippen LogP contribution is -2.00. The van der Waals surface area contributed by atoms with E-state index in [9.17, 15) is 9.90 Å². The summed E-state index contributed by atoms with van der Waals surface area (Å²) >= 11 is 5.97. The Morgan fingerprint density at radius 1 is 1.10 bits per heavy atom. The highest BCUT2D eigenvalue weighted by Crippen LogP contribution is 2.33. The molecule has 1 N–H and O–H groups in total. The van der Waals surface area contributed by atoms with Crippen LogP contribution in [0.25, 0.3) is 11.1 Å². The molecular formula is C15H13ClO4. The van der Waals surface area contributed by atoms with Crippen LogP contribution in [0.3, 0.4) is 0 Å². The molecule has 0 fully saturated rings. The van der Waals surface area contributed by atoms with E-state index in [1.807, 2.05) is 0 Å². The summed E-state index contributed by atoms with van der Waals surface area (Å²) in [6.45, 7) is 0. The number of methoxy groups -OCH3 is 2. The van der Waals surface area contributed by atoms with Crippen molar-refractivity contribution in [1.82, 2.24) is 0 Å². The summed E-state index contributed by atoms with van der Waals surface area (Å²) in [6.07, 6.45) is 0. The van der Waals surface area contributed by atoms with Gasteiger partial charge in [-0.2, -0.15) is 0 Å². The van der Waals surface area contributed by atoms with Gasteiger partial charge in [0, 0.05) is 0 Å². The Kier molecular flexibility index (Phi) is 4.15. The third-order valence-electron chi connectivity index (χ3n) is 2.92. The van der Waals surface area contributed by atoms with Crippen LogP contribution in [0.1, 0.15) is 10.4 Å². The van der Waals surface area contributed by atoms with Crippen molar-refractivity contribution in [3.8, 4) is 22.6 Å². The van der Waals surface area contributed by atoms with Crippen molar-refractivity contribution in [3.05, 3.63) is 47.0 Å². The average molecular weight is 293 g/mol. The molecule has 0 atom stereocenters. The summed E-state index contributed by atoms with van der Waals surface area (Å²) < 4.78 is 10.2. The molecule has 0 aliphatic heterocycles. The van der Waals surface area contributed by atoms with Crippen molar-refractivity contribution in [2.24, 2.45) is 0 Å². The summed E-state index contributed by atoms with van der Waals surface area (Å²) in [5.41, 5.74) is 1.45. The SMILES string of the molecule is COc1ccc(-c2ccc(Cl)c(OC)c2)c(C(=O)O)c1. The molecule has 0 unspecified atom stereocenters. The van der Waals surface area contributed by atoms with Crippen LogP contribution in [0.2, 0.25) is 5.02 Å². The fourth-order valence-electron chi connectivity index (χ4n) is 1.91. The number of halogens is 1. The first kappa shape index (κ1) is 14.2. The number of hydrogen-bond donors (Lipinski definition) is 1. The fourth-order valence-corrected chi connectivity index (χ4v) is 2.10. The lowest BCUT2D eigenvalue weighted by molar-refractivity contribution is 0.0697. The van der Waals surface area contributed by atoms with Crippen LogP contribution >= 0.6 is 11.6 Å². The topological polar surface area (TPSA) is 55.8 Å². The van der Waals surface area contributed by atoms with E-state index in [-0.39, 0.29) is 5.56 Å². The maximum absolute atomic E-state index is 11.4. The van der Waals surface area contributed by atoms with E-state index in [1.165, 1.54) is 20.3 Å². The van der Waals surface area contributed by atoms with Gasteiger partial charge in [-0.15, -0.1) is 0 Å². The minimum Gasteiger partial charge on any atom is -0.497 e. The molecule has 2 aromatic carbocycles. The van der Waals surface area contributed by atoms with Gasteiger partial charge in [0.05, 0.1) is 24.8 Å². The molecule has 0 amide bonds. The van der Waals surface area contributed by atoms with Crippen LogP contribution in [0.15, 0.2) is 36.4 Å². The first-order chi connectivity index (χ1) is 9.56. The van der Waals surface area contributed by atoms with Crippen LogP contribution in [-0.4, -0.2) is 25.3 Å². The maximum atomic E-state index is 11.4. The number of ether oxygens (including phenoxy) is 2. The number of aromatic carboxylic acids is 1. The summed E-state index contributed by atoms with van der Waals surface area (Å²) in [4.78, 5) is 11.4. The standard InChI is InChI=1S/C15H13ClO4/c1-19-10-4-5-11(12(8-10)15(17)18)9-3-6-13(16)14(7-9)20-2/h3-8H,1-2H3,(H,17,18). The molecule has 0 aromatic heterocycles. The lowest BCUT2D eigenvalue weighted by Gasteiger charge is -2.10. The Balaban J connectivity index is 2.60. The Labute approximate surface area is 121 Å². The Morgan fingerprint density at radius 2 is 1.85 bits per heavy atom. The van der Waals surface area contributed by atoms with E-state index in [0.29, 0.717) is 27.6 Å². The molecule has 0 spiro atoms. The second kappa shape index (κ2) is 5.84. The van der Waals surface area contributed by atoms with Crippen LogP contribution in [0.5, 0.6) is 11.5 Å². The maximum Gasteiger partial charge on any atom is 0.336 e. The smallest absolute Gasteiger partial charge is 0.336 e. The van der Waals surface area contributed by atoms with Gasteiger partial charge in [-0.3, -0.25) is 0 Å². The highest BCUT2D eigenvalue weighted by Gasteiger charge is 2.14. The molecule has 2 rings (SSSR count). The Morgan fingerprint density at radius 3 is 2.45 bits per heavy atom. The summed E-state index contributed by atoms with van der Waals surface area (Å²) in [6, 6.07) is 10.0. The van der Waals surface area contributed by atoms with Gasteiger partial charge in [-0.1, -0.05) is 17.7 Å². The van der Waals surface area contributed by atoms with E-state index in [0.717, 1.165) is 0 Å². The lowest BCUT2D eigenvalue weighted by atomic mass is 9.99. The zero-order valence-electron chi connectivity index (χ0n) is 11.0. The van der Waals surface area contributed by atoms with Gasteiger partial charge in [0.15, 0.2) is 0 Å². The van der Waals surface area contributed by atoms with Crippen molar-refractivity contribution < 1.29 is 19.4 Å². The normalized spacial score (nSPS) is 10.2. The van der Waals surface area contributed by atoms with Gasteiger partial charge in [0.2, 0.25) is 0 Å². The molecule has 5 heteroatoms. The molecule has 0 heterocycles. The third kappa shape index (κ3) is 2.70. The summed E-state index contributed by atoms with van der Waals surface area (Å²) in [7, 11) is 3.00. The van der Waals surface area contributed by atoms with E-state index in [4.69, 9.17) is 21.1 Å². The van der Waals surface area contributed by atoms with Crippen LogP contribution in [0.4, 0.5) is 0 Å². The fraction of sp³-hybridized carbons (Fsp3) is 0.133. The number of benzene rings is 2. The molecule has 0 bridgehead atoms. The van der Waals surface area contributed by atoms with Crippen molar-refractivity contribution in [2.45, 2.75) is 0 Å². The van der Waals surface area contributed by atoms with Gasteiger partial charge in [0.25, 0.3) is 0 Å². The molecule has 0 aliphatic carbocycles. The van der Waals surface area contributed by atoms with Gasteiger partial charge in [0.1, 0.15) is 11.5 Å². The molecule has 0 saturated carbocycles. The number of carboxylic acids is 1. The van der Waals surface area contributed by atoms with E-state index in [1.54, 1.807) is 30.3 Å². The monoisotopic (exact) mass is 292 g/mol. The third-order valence-corrected chi connectivity index (χ3v) is 3.23. The Bertz CT molecular complexity index is 652. The highest BCUT2D eigenvalue weighted by molar-refractivity contribution is 6.32. The molecule has 4 nitrogen and oxygen atoms in total. The predicted molar refractivity (Wildman–Crippen MR) is 77.0 cm³/mol. The van der Waals surface area contributed by atoms with Crippen LogP contribution in [0, 0.1) is 0 Å². The van der Waals surface area contributed by atoms with Crippen molar-refractivity contribution in [3.63, 3.8) is 0 Å². The quantitative estimate of drug-likeness (QED) is 0.933. The van der Waals surface area contributed by atoms with Crippen molar-refractivity contribution in [1.29, 1.82) is 0 Å². The zero-order chi connectivity index (χ0) is 14.7. The minimum atomic E-state index is -1.02. The summed E-state index contributed by atoms with van der Waals surface area (Å²) in [5.74, 6) is -0.0313. The number of carbonyl (C=O) groups is 1. The molecule has 0 radical (unpaired) electrons. The molecule has 20 heavy (non-hydrogen) atoms. The van der Waals surface area contributed by atoms with Gasteiger partial charge in [-0.05, 0) is 41.5 Å². The Hall–Kier alpha value is -2.20. The zero-order valence-corrected chi connectivity index (χ0v) is 11.8. The van der Waals surface area contributed by atoms with Crippen LogP contribution in [-0.2, 0) is 0 Å². The summed E-state index contributed by atoms with van der Waals surface area (Å²) in [5, 5.41) is 9.79. The second-order valence-corrected chi connectivity index (χ2v) is 4.47. The van der Waals surface area contributed by atoms with Crippen LogP contribution < -0.4 is 9.47 Å². The molecule has 0 saturated heterocycles. The van der Waals surface area contributed by atoms with Crippen molar-refractivity contribution in [2.75, 3.05) is 14.2 Å². The molecule has 104 valence electrons. The van der Waals surface area contributed by atoms with Gasteiger partial charge < -0.3 is 14.6 Å². The molecule has 0 aliphatic rings. The first-order valence-corrected chi connectivity index (χ1v) is 6.20. The van der Waals surface area contributed by atoms with E-state index < -0.39 is 5.97 Å². The minimum absolute atomic E-state index is 0.161. The van der Waals surface area contributed by atoms with E-state index >= 15 is 0 Å². The number of carboxylic acid groups (broad SMARTS) is 1. The largest absolute Gasteiger partial charge is 0.497 e. The highest BCUT2D eigenvalue weighted by atomic mass is 35.5.